The first kappa shape index (κ1) is 10.5. The van der Waals surface area contributed by atoms with Gasteiger partial charge in [-0.15, -0.1) is 0 Å². The second-order valence-electron chi connectivity index (χ2n) is 4.02. The van der Waals surface area contributed by atoms with Gasteiger partial charge in [0.05, 0.1) is 0 Å². The fourth-order valence-corrected chi connectivity index (χ4v) is 2.06. The van der Waals surface area contributed by atoms with Gasteiger partial charge in [-0.05, 0) is 0 Å². The summed E-state index contributed by atoms with van der Waals surface area (Å²) in [5, 5.41) is 0. The van der Waals surface area contributed by atoms with Gasteiger partial charge in [-0.3, -0.25) is 0 Å². The van der Waals surface area contributed by atoms with E-state index >= 15 is 0 Å². The Kier molecular flexibility index (Phi) is 4.62. The van der Waals surface area contributed by atoms with Gasteiger partial charge in [-0.1, -0.05) is 0 Å². The molecule has 1 nitrogen and oxygen atoms in total. The summed E-state index contributed by atoms with van der Waals surface area (Å²) < 4.78 is 0.638. The Morgan fingerprint density at radius 3 is 1.70 bits per heavy atom. The van der Waals surface area contributed by atoms with E-state index in [-0.39, 0.29) is 0 Å². The van der Waals surface area contributed by atoms with Gasteiger partial charge in [0, 0.05) is 0 Å². The van der Waals surface area contributed by atoms with Crippen molar-refractivity contribution < 1.29 is 0 Å². The molecule has 0 saturated heterocycles. The van der Waals surface area contributed by atoms with E-state index in [0.717, 1.165) is 16.5 Å². The molecule has 0 aliphatic rings. The van der Waals surface area contributed by atoms with E-state index in [1.54, 1.807) is 0 Å². The second kappa shape index (κ2) is 4.40. The van der Waals surface area contributed by atoms with E-state index < -0.39 is 0 Å². The third kappa shape index (κ3) is 5.30. The first-order valence-electron chi connectivity index (χ1n) is 4.22. The Balaban J connectivity index is 3.63. The first-order valence-corrected chi connectivity index (χ1v) is 6.31. The summed E-state index contributed by atoms with van der Waals surface area (Å²) in [6.45, 7) is 12.9. The Labute approximate surface area is 73.4 Å². The molecule has 62 valence electrons. The molecule has 0 rings (SSSR count). The Bertz CT molecular complexity index is 81.7. The van der Waals surface area contributed by atoms with Crippen molar-refractivity contribution in [2.24, 2.45) is 0 Å². The third-order valence-electron chi connectivity index (χ3n) is 1.59. The second-order valence-corrected chi connectivity index (χ2v) is 9.70. The van der Waals surface area contributed by atoms with Crippen LogP contribution in [0.2, 0.25) is 4.25 Å². The molecule has 10 heavy (non-hydrogen) atoms. The molecule has 0 heterocycles. The quantitative estimate of drug-likeness (QED) is 0.614. The van der Waals surface area contributed by atoms with Crippen molar-refractivity contribution >= 4 is 16.5 Å². The summed E-state index contributed by atoms with van der Waals surface area (Å²) in [7, 11) is 0. The topological polar surface area (TPSA) is 3.24 Å². The van der Waals surface area contributed by atoms with Gasteiger partial charge >= 0.3 is 73.0 Å². The van der Waals surface area contributed by atoms with E-state index in [4.69, 9.17) is 0 Å². The zero-order valence-electron chi connectivity index (χ0n) is 8.07. The van der Waals surface area contributed by atoms with Crippen LogP contribution in [0.1, 0.15) is 27.7 Å². The average Bonchev–Trinajstić information content (AvgIpc) is 1.81. The molecule has 0 unspecified atom stereocenters. The van der Waals surface area contributed by atoms with Gasteiger partial charge in [-0.2, -0.15) is 0 Å². The van der Waals surface area contributed by atoms with Crippen molar-refractivity contribution in [2.75, 3.05) is 19.6 Å². The third-order valence-corrected chi connectivity index (χ3v) is 2.26. The van der Waals surface area contributed by atoms with Crippen molar-refractivity contribution in [2.45, 2.75) is 31.9 Å². The SMILES string of the molecule is CCN(CC)C[C](C)(C)[GeH3]. The zero-order chi connectivity index (χ0) is 8.20. The zero-order valence-corrected chi connectivity index (χ0v) is 12.3. The van der Waals surface area contributed by atoms with Crippen molar-refractivity contribution in [3.63, 3.8) is 0 Å². The number of hydrogen-bond acceptors (Lipinski definition) is 1. The molecule has 0 aliphatic heterocycles. The first-order chi connectivity index (χ1) is 4.49. The Morgan fingerprint density at radius 2 is 1.60 bits per heavy atom. The molecule has 0 spiro atoms. The van der Waals surface area contributed by atoms with Gasteiger partial charge in [0.25, 0.3) is 0 Å². The van der Waals surface area contributed by atoms with Crippen LogP contribution in [0.25, 0.3) is 0 Å². The summed E-state index contributed by atoms with van der Waals surface area (Å²) in [5.74, 6) is 0. The van der Waals surface area contributed by atoms with Gasteiger partial charge < -0.3 is 0 Å². The van der Waals surface area contributed by atoms with Crippen LogP contribution in [0.4, 0.5) is 0 Å². The van der Waals surface area contributed by atoms with E-state index in [9.17, 15) is 0 Å². The van der Waals surface area contributed by atoms with Gasteiger partial charge in [0.2, 0.25) is 0 Å². The fourth-order valence-electron chi connectivity index (χ4n) is 1.12. The van der Waals surface area contributed by atoms with Crippen molar-refractivity contribution in [1.82, 2.24) is 4.90 Å². The summed E-state index contributed by atoms with van der Waals surface area (Å²) in [4.78, 5) is 2.51. The molecule has 0 aromatic rings. The molecular weight excluding hydrogens is 183 g/mol. The normalized spacial score (nSPS) is 12.9. The molecule has 0 aromatic heterocycles. The average molecular weight is 204 g/mol. The van der Waals surface area contributed by atoms with Crippen molar-refractivity contribution in [3.8, 4) is 0 Å². The Morgan fingerprint density at radius 1 is 1.20 bits per heavy atom. The van der Waals surface area contributed by atoms with Gasteiger partial charge in [-0.25, -0.2) is 0 Å². The van der Waals surface area contributed by atoms with Crippen molar-refractivity contribution in [1.29, 1.82) is 0 Å². The fraction of sp³-hybridized carbons (Fsp3) is 1.00. The van der Waals surface area contributed by atoms with E-state index in [0.29, 0.717) is 4.25 Å². The molecule has 0 amide bonds. The van der Waals surface area contributed by atoms with Crippen LogP contribution in [-0.4, -0.2) is 41.0 Å². The number of nitrogens with zero attached hydrogens (tertiary/aromatic N) is 1. The van der Waals surface area contributed by atoms with Crippen LogP contribution in [-0.2, 0) is 0 Å². The van der Waals surface area contributed by atoms with Crippen LogP contribution in [0, 0.1) is 0 Å². The van der Waals surface area contributed by atoms with E-state index in [1.165, 1.54) is 19.6 Å². The molecule has 0 aromatic carbocycles. The summed E-state index contributed by atoms with van der Waals surface area (Å²) in [5.41, 5.74) is 0. The van der Waals surface area contributed by atoms with Crippen LogP contribution >= 0.6 is 0 Å². The van der Waals surface area contributed by atoms with Crippen LogP contribution in [0.5, 0.6) is 0 Å². The predicted octanol–water partition coefficient (Wildman–Crippen LogP) is 0.892. The maximum atomic E-state index is 2.51. The minimum atomic E-state index is 0.638. The molecule has 0 fully saturated rings. The minimum absolute atomic E-state index is 0.638. The summed E-state index contributed by atoms with van der Waals surface area (Å²) >= 11 is 0.947. The van der Waals surface area contributed by atoms with Crippen LogP contribution in [0.15, 0.2) is 0 Å². The van der Waals surface area contributed by atoms with E-state index in [1.807, 2.05) is 0 Å². The molecule has 0 radical (unpaired) electrons. The Hall–Kier alpha value is 0.503. The summed E-state index contributed by atoms with van der Waals surface area (Å²) in [6, 6.07) is 0. The molecule has 0 saturated carbocycles. The monoisotopic (exact) mass is 205 g/mol. The molecule has 0 bridgehead atoms. The van der Waals surface area contributed by atoms with Crippen LogP contribution in [0.3, 0.4) is 0 Å². The maximum absolute atomic E-state index is 2.51. The summed E-state index contributed by atoms with van der Waals surface area (Å²) in [6.07, 6.45) is 0. The van der Waals surface area contributed by atoms with Crippen LogP contribution < -0.4 is 0 Å². The van der Waals surface area contributed by atoms with Gasteiger partial charge in [0.1, 0.15) is 0 Å². The molecule has 0 aliphatic carbocycles. The molecular formula is C8H21GeN. The van der Waals surface area contributed by atoms with Gasteiger partial charge in [0.15, 0.2) is 0 Å². The molecule has 2 heteroatoms. The number of rotatable bonds is 4. The predicted molar refractivity (Wildman–Crippen MR) is 51.8 cm³/mol. The molecule has 0 N–H and O–H groups in total. The van der Waals surface area contributed by atoms with Crippen molar-refractivity contribution in [3.05, 3.63) is 0 Å². The number of hydrogen-bond donors (Lipinski definition) is 0. The molecule has 0 atom stereocenters. The standard InChI is InChI=1S/C8H21GeN/c1-5-10(6-2)7-8(3,4)9/h5-7H2,1-4,9H3. The van der Waals surface area contributed by atoms with E-state index in [2.05, 4.69) is 32.6 Å².